The Morgan fingerprint density at radius 1 is 1.27 bits per heavy atom. The maximum atomic E-state index is 11.7. The van der Waals surface area contributed by atoms with Crippen molar-refractivity contribution in [3.63, 3.8) is 0 Å². The van der Waals surface area contributed by atoms with Crippen LogP contribution in [0.1, 0.15) is 12.3 Å². The Labute approximate surface area is 128 Å². The van der Waals surface area contributed by atoms with Crippen LogP contribution in [0.15, 0.2) is 40.9 Å². The van der Waals surface area contributed by atoms with Gasteiger partial charge in [0, 0.05) is 24.6 Å². The number of hydrogen-bond acceptors (Lipinski definition) is 4. The topological polar surface area (TPSA) is 76.4 Å². The molecule has 0 spiro atoms. The van der Waals surface area contributed by atoms with E-state index in [4.69, 9.17) is 9.15 Å². The number of oxazole rings is 1. The highest BCUT2D eigenvalue weighted by molar-refractivity contribution is 5.73. The lowest BCUT2D eigenvalue weighted by Gasteiger charge is -2.09. The van der Waals surface area contributed by atoms with Gasteiger partial charge in [0.05, 0.1) is 19.3 Å². The number of urea groups is 1. The molecule has 1 saturated heterocycles. The van der Waals surface area contributed by atoms with Gasteiger partial charge in [-0.05, 0) is 6.42 Å². The van der Waals surface area contributed by atoms with E-state index in [1.54, 1.807) is 6.20 Å². The Morgan fingerprint density at radius 3 is 2.91 bits per heavy atom. The molecule has 116 valence electrons. The van der Waals surface area contributed by atoms with Crippen LogP contribution in [-0.4, -0.2) is 30.8 Å². The number of carbonyl (C=O) groups is 1. The summed E-state index contributed by atoms with van der Waals surface area (Å²) < 4.78 is 10.9. The molecule has 0 unspecified atom stereocenters. The minimum Gasteiger partial charge on any atom is -0.439 e. The van der Waals surface area contributed by atoms with Gasteiger partial charge in [-0.3, -0.25) is 0 Å². The second-order valence-corrected chi connectivity index (χ2v) is 5.28. The summed E-state index contributed by atoms with van der Waals surface area (Å²) in [5.74, 6) is 1.59. The number of ether oxygens (including phenoxy) is 1. The minimum absolute atomic E-state index is 0.216. The molecule has 2 aromatic rings. The van der Waals surface area contributed by atoms with E-state index in [9.17, 15) is 4.79 Å². The number of hydrogen-bond donors (Lipinski definition) is 2. The van der Waals surface area contributed by atoms with Crippen LogP contribution in [0, 0.1) is 5.92 Å². The van der Waals surface area contributed by atoms with E-state index in [0.29, 0.717) is 24.1 Å². The maximum Gasteiger partial charge on any atom is 0.315 e. The first-order valence-electron chi connectivity index (χ1n) is 7.41. The van der Waals surface area contributed by atoms with Crippen LogP contribution in [0.2, 0.25) is 0 Å². The molecule has 2 heterocycles. The number of benzene rings is 1. The van der Waals surface area contributed by atoms with E-state index in [0.717, 1.165) is 25.2 Å². The third kappa shape index (κ3) is 3.85. The molecule has 6 nitrogen and oxygen atoms in total. The van der Waals surface area contributed by atoms with Crippen LogP contribution in [0.5, 0.6) is 0 Å². The Hall–Kier alpha value is -2.34. The molecule has 22 heavy (non-hydrogen) atoms. The number of amides is 2. The molecule has 2 amide bonds. The van der Waals surface area contributed by atoms with Crippen molar-refractivity contribution in [2.24, 2.45) is 5.92 Å². The molecule has 2 N–H and O–H groups in total. The van der Waals surface area contributed by atoms with Crippen LogP contribution in [0.25, 0.3) is 11.3 Å². The Morgan fingerprint density at radius 2 is 2.14 bits per heavy atom. The van der Waals surface area contributed by atoms with Crippen molar-refractivity contribution in [3.8, 4) is 11.3 Å². The molecular formula is C16H19N3O3. The molecule has 0 bridgehead atoms. The van der Waals surface area contributed by atoms with Gasteiger partial charge in [-0.1, -0.05) is 30.3 Å². The van der Waals surface area contributed by atoms with Crippen LogP contribution < -0.4 is 10.6 Å². The van der Waals surface area contributed by atoms with E-state index < -0.39 is 0 Å². The zero-order valence-corrected chi connectivity index (χ0v) is 12.2. The van der Waals surface area contributed by atoms with E-state index in [1.807, 2.05) is 30.3 Å². The molecule has 0 radical (unpaired) electrons. The highest BCUT2D eigenvalue weighted by Gasteiger charge is 2.16. The fraction of sp³-hybridized carbons (Fsp3) is 0.375. The fourth-order valence-corrected chi connectivity index (χ4v) is 2.33. The average Bonchev–Trinajstić information content (AvgIpc) is 3.23. The van der Waals surface area contributed by atoms with E-state index >= 15 is 0 Å². The maximum absolute atomic E-state index is 11.7. The van der Waals surface area contributed by atoms with Gasteiger partial charge in [-0.2, -0.15) is 0 Å². The normalized spacial score (nSPS) is 17.4. The van der Waals surface area contributed by atoms with Crippen LogP contribution in [0.3, 0.4) is 0 Å². The summed E-state index contributed by atoms with van der Waals surface area (Å²) in [5.41, 5.74) is 0.965. The zero-order chi connectivity index (χ0) is 15.2. The highest BCUT2D eigenvalue weighted by Crippen LogP contribution is 2.19. The SMILES string of the molecule is O=C(NCc1ncc(-c2ccccc2)o1)NC[C@H]1CCOC1. The van der Waals surface area contributed by atoms with Crippen molar-refractivity contribution >= 4 is 6.03 Å². The summed E-state index contributed by atoms with van der Waals surface area (Å²) in [4.78, 5) is 15.9. The first-order valence-corrected chi connectivity index (χ1v) is 7.41. The molecular weight excluding hydrogens is 282 g/mol. The predicted octanol–water partition coefficient (Wildman–Crippen LogP) is 2.18. The second-order valence-electron chi connectivity index (χ2n) is 5.28. The third-order valence-corrected chi connectivity index (χ3v) is 3.59. The van der Waals surface area contributed by atoms with Gasteiger partial charge < -0.3 is 19.8 Å². The number of carbonyl (C=O) groups excluding carboxylic acids is 1. The average molecular weight is 301 g/mol. The molecule has 1 aliphatic rings. The highest BCUT2D eigenvalue weighted by atomic mass is 16.5. The van der Waals surface area contributed by atoms with Crippen molar-refractivity contribution in [3.05, 3.63) is 42.4 Å². The van der Waals surface area contributed by atoms with Crippen LogP contribution in [-0.2, 0) is 11.3 Å². The largest absolute Gasteiger partial charge is 0.439 e. The van der Waals surface area contributed by atoms with Gasteiger partial charge in [-0.25, -0.2) is 9.78 Å². The minimum atomic E-state index is -0.216. The molecule has 6 heteroatoms. The van der Waals surface area contributed by atoms with E-state index in [2.05, 4.69) is 15.6 Å². The number of aromatic nitrogens is 1. The number of nitrogens with one attached hydrogen (secondary N) is 2. The quantitative estimate of drug-likeness (QED) is 0.887. The van der Waals surface area contributed by atoms with E-state index in [-0.39, 0.29) is 12.6 Å². The molecule has 1 aromatic carbocycles. The molecule has 1 aliphatic heterocycles. The lowest BCUT2D eigenvalue weighted by molar-refractivity contribution is 0.185. The predicted molar refractivity (Wildman–Crippen MR) is 81.1 cm³/mol. The molecule has 1 aromatic heterocycles. The van der Waals surface area contributed by atoms with Gasteiger partial charge in [0.1, 0.15) is 0 Å². The second kappa shape index (κ2) is 7.09. The Kier molecular flexibility index (Phi) is 4.70. The lowest BCUT2D eigenvalue weighted by Crippen LogP contribution is -2.38. The standard InChI is InChI=1S/C16H19N3O3/c20-16(18-8-12-6-7-21-11-12)19-10-15-17-9-14(22-15)13-4-2-1-3-5-13/h1-5,9,12H,6-8,10-11H2,(H2,18,19,20)/t12-/m1/s1. The van der Waals surface area contributed by atoms with Crippen molar-refractivity contribution in [1.29, 1.82) is 0 Å². The summed E-state index contributed by atoms with van der Waals surface area (Å²) in [7, 11) is 0. The molecule has 1 atom stereocenters. The van der Waals surface area contributed by atoms with Crippen LogP contribution >= 0.6 is 0 Å². The summed E-state index contributed by atoms with van der Waals surface area (Å²) in [6, 6.07) is 9.52. The van der Waals surface area contributed by atoms with Gasteiger partial charge in [-0.15, -0.1) is 0 Å². The first-order chi connectivity index (χ1) is 10.8. The number of rotatable bonds is 5. The van der Waals surface area contributed by atoms with Crippen molar-refractivity contribution < 1.29 is 13.9 Å². The van der Waals surface area contributed by atoms with E-state index in [1.165, 1.54) is 0 Å². The molecule has 0 saturated carbocycles. The first kappa shape index (κ1) is 14.6. The zero-order valence-electron chi connectivity index (χ0n) is 12.2. The molecule has 1 fully saturated rings. The molecule has 0 aliphatic carbocycles. The van der Waals surface area contributed by atoms with Gasteiger partial charge in [0.25, 0.3) is 0 Å². The lowest BCUT2D eigenvalue weighted by atomic mass is 10.1. The molecule has 3 rings (SSSR count). The summed E-state index contributed by atoms with van der Waals surface area (Å²) in [5, 5.41) is 5.57. The monoisotopic (exact) mass is 301 g/mol. The van der Waals surface area contributed by atoms with Crippen molar-refractivity contribution in [2.45, 2.75) is 13.0 Å². The Balaban J connectivity index is 1.45. The fourth-order valence-electron chi connectivity index (χ4n) is 2.33. The van der Waals surface area contributed by atoms with Crippen molar-refractivity contribution in [2.75, 3.05) is 19.8 Å². The smallest absolute Gasteiger partial charge is 0.315 e. The van der Waals surface area contributed by atoms with Gasteiger partial charge in [0.2, 0.25) is 5.89 Å². The number of nitrogens with zero attached hydrogens (tertiary/aromatic N) is 1. The summed E-state index contributed by atoms with van der Waals surface area (Å²) in [6.45, 7) is 2.40. The third-order valence-electron chi connectivity index (χ3n) is 3.59. The summed E-state index contributed by atoms with van der Waals surface area (Å²) in [6.07, 6.45) is 2.67. The Bertz CT molecular complexity index is 606. The van der Waals surface area contributed by atoms with Gasteiger partial charge >= 0.3 is 6.03 Å². The summed E-state index contributed by atoms with van der Waals surface area (Å²) >= 11 is 0. The van der Waals surface area contributed by atoms with Crippen molar-refractivity contribution in [1.82, 2.24) is 15.6 Å². The van der Waals surface area contributed by atoms with Crippen LogP contribution in [0.4, 0.5) is 4.79 Å². The van der Waals surface area contributed by atoms with Gasteiger partial charge in [0.15, 0.2) is 5.76 Å².